The largest absolute Gasteiger partial charge is 0.326 e. The second-order valence-electron chi connectivity index (χ2n) is 8.48. The van der Waals surface area contributed by atoms with E-state index >= 15 is 0 Å². The molecule has 172 valence electrons. The lowest BCUT2D eigenvalue weighted by atomic mass is 9.87. The third-order valence-electron chi connectivity index (χ3n) is 5.97. The third-order valence-corrected chi connectivity index (χ3v) is 5.97. The molecule has 2 aromatic carbocycles. The molecule has 9 nitrogen and oxygen atoms in total. The Labute approximate surface area is 192 Å². The van der Waals surface area contributed by atoms with Gasteiger partial charge in [-0.3, -0.25) is 24.2 Å². The van der Waals surface area contributed by atoms with Crippen molar-refractivity contribution in [2.45, 2.75) is 31.8 Å². The van der Waals surface area contributed by atoms with Crippen LogP contribution in [0.15, 0.2) is 54.6 Å². The average molecular weight is 450 g/mol. The molecule has 2 aliphatic heterocycles. The van der Waals surface area contributed by atoms with Gasteiger partial charge in [0.25, 0.3) is 5.91 Å². The Bertz CT molecular complexity index is 1060. The number of imide groups is 1. The van der Waals surface area contributed by atoms with Crippen LogP contribution in [-0.4, -0.2) is 58.7 Å². The molecule has 0 radical (unpaired) electrons. The highest BCUT2D eigenvalue weighted by Crippen LogP contribution is 2.30. The Morgan fingerprint density at radius 1 is 0.970 bits per heavy atom. The standard InChI is InChI=1S/C24H27N5O4/c1-17(30)25-19-8-5-9-20(14-19)26-21(31)16-29-22(32)24(27-23(29)33)10-12-28(13-11-24)15-18-6-3-2-4-7-18/h2-9,14H,10-13,15-16H2,1H3,(H,25,30)(H,26,31)(H,27,33). The van der Waals surface area contributed by atoms with Crippen LogP contribution in [0.3, 0.4) is 0 Å². The normalized spacial score (nSPS) is 17.7. The quantitative estimate of drug-likeness (QED) is 0.586. The summed E-state index contributed by atoms with van der Waals surface area (Å²) >= 11 is 0. The van der Waals surface area contributed by atoms with Crippen molar-refractivity contribution in [3.05, 3.63) is 60.2 Å². The number of piperidine rings is 1. The number of hydrogen-bond acceptors (Lipinski definition) is 5. The number of anilines is 2. The van der Waals surface area contributed by atoms with Crippen LogP contribution in [-0.2, 0) is 20.9 Å². The van der Waals surface area contributed by atoms with Crippen molar-refractivity contribution in [1.29, 1.82) is 0 Å². The molecule has 0 aliphatic carbocycles. The molecule has 2 fully saturated rings. The summed E-state index contributed by atoms with van der Waals surface area (Å²) in [5, 5.41) is 8.15. The lowest BCUT2D eigenvalue weighted by Gasteiger charge is -2.37. The van der Waals surface area contributed by atoms with E-state index in [0.717, 1.165) is 11.4 Å². The van der Waals surface area contributed by atoms with Crippen molar-refractivity contribution >= 4 is 35.1 Å². The number of carbonyl (C=O) groups is 4. The van der Waals surface area contributed by atoms with E-state index in [1.54, 1.807) is 24.3 Å². The van der Waals surface area contributed by atoms with Crippen molar-refractivity contribution in [2.24, 2.45) is 0 Å². The zero-order chi connectivity index (χ0) is 23.4. The minimum atomic E-state index is -0.949. The fourth-order valence-corrected chi connectivity index (χ4v) is 4.32. The highest BCUT2D eigenvalue weighted by molar-refractivity contribution is 6.10. The Morgan fingerprint density at radius 3 is 2.30 bits per heavy atom. The summed E-state index contributed by atoms with van der Waals surface area (Å²) in [4.78, 5) is 52.7. The molecule has 0 saturated carbocycles. The second kappa shape index (κ2) is 9.41. The smallest absolute Gasteiger partial charge is 0.325 e. The maximum Gasteiger partial charge on any atom is 0.325 e. The monoisotopic (exact) mass is 449 g/mol. The number of likely N-dealkylation sites (tertiary alicyclic amines) is 1. The number of hydrogen-bond donors (Lipinski definition) is 3. The topological polar surface area (TPSA) is 111 Å². The predicted molar refractivity (Wildman–Crippen MR) is 123 cm³/mol. The number of nitrogens with one attached hydrogen (secondary N) is 3. The van der Waals surface area contributed by atoms with Gasteiger partial charge in [0, 0.05) is 37.9 Å². The first-order chi connectivity index (χ1) is 15.8. The first-order valence-corrected chi connectivity index (χ1v) is 10.9. The van der Waals surface area contributed by atoms with Crippen LogP contribution in [0.5, 0.6) is 0 Å². The molecule has 0 bridgehead atoms. The molecule has 2 aliphatic rings. The molecule has 0 unspecified atom stereocenters. The summed E-state index contributed by atoms with van der Waals surface area (Å²) in [5.74, 6) is -1.07. The van der Waals surface area contributed by atoms with Crippen LogP contribution in [0.4, 0.5) is 16.2 Å². The van der Waals surface area contributed by atoms with Gasteiger partial charge in [0.1, 0.15) is 12.1 Å². The van der Waals surface area contributed by atoms with Crippen LogP contribution >= 0.6 is 0 Å². The third kappa shape index (κ3) is 5.20. The molecule has 2 heterocycles. The van der Waals surface area contributed by atoms with Crippen molar-refractivity contribution in [2.75, 3.05) is 30.3 Å². The second-order valence-corrected chi connectivity index (χ2v) is 8.48. The number of urea groups is 1. The number of carbonyl (C=O) groups excluding carboxylic acids is 4. The van der Waals surface area contributed by atoms with E-state index in [9.17, 15) is 19.2 Å². The average Bonchev–Trinajstić information content (AvgIpc) is 3.00. The Kier molecular flexibility index (Phi) is 6.41. The van der Waals surface area contributed by atoms with Gasteiger partial charge in [0.2, 0.25) is 11.8 Å². The van der Waals surface area contributed by atoms with Gasteiger partial charge in [-0.15, -0.1) is 0 Å². The van der Waals surface area contributed by atoms with Gasteiger partial charge in [-0.05, 0) is 36.6 Å². The fraction of sp³-hybridized carbons (Fsp3) is 0.333. The van der Waals surface area contributed by atoms with Crippen molar-refractivity contribution < 1.29 is 19.2 Å². The van der Waals surface area contributed by atoms with E-state index in [2.05, 4.69) is 33.0 Å². The van der Waals surface area contributed by atoms with E-state index in [4.69, 9.17) is 0 Å². The van der Waals surface area contributed by atoms with E-state index in [-0.39, 0.29) is 18.4 Å². The van der Waals surface area contributed by atoms with Crippen molar-refractivity contribution in [3.63, 3.8) is 0 Å². The number of benzene rings is 2. The molecule has 1 spiro atoms. The van der Waals surface area contributed by atoms with Crippen LogP contribution in [0.2, 0.25) is 0 Å². The summed E-state index contributed by atoms with van der Waals surface area (Å²) in [5.41, 5.74) is 1.26. The summed E-state index contributed by atoms with van der Waals surface area (Å²) in [6.45, 7) is 3.17. The maximum atomic E-state index is 13.1. The van der Waals surface area contributed by atoms with Gasteiger partial charge in [0.15, 0.2) is 0 Å². The SMILES string of the molecule is CC(=O)Nc1cccc(NC(=O)CN2C(=O)NC3(CCN(Cc4ccccc4)CC3)C2=O)c1. The van der Waals surface area contributed by atoms with Crippen molar-refractivity contribution in [1.82, 2.24) is 15.1 Å². The minimum Gasteiger partial charge on any atom is -0.326 e. The molecular formula is C24H27N5O4. The summed E-state index contributed by atoms with van der Waals surface area (Å²) in [6, 6.07) is 16.2. The molecule has 5 amide bonds. The molecule has 0 aromatic heterocycles. The highest BCUT2D eigenvalue weighted by atomic mass is 16.2. The number of rotatable bonds is 6. The lowest BCUT2D eigenvalue weighted by molar-refractivity contribution is -0.135. The minimum absolute atomic E-state index is 0.224. The van der Waals surface area contributed by atoms with Gasteiger partial charge in [-0.2, -0.15) is 0 Å². The molecule has 4 rings (SSSR count). The van der Waals surface area contributed by atoms with Crippen molar-refractivity contribution in [3.8, 4) is 0 Å². The Balaban J connectivity index is 1.34. The zero-order valence-corrected chi connectivity index (χ0v) is 18.5. The molecule has 3 N–H and O–H groups in total. The summed E-state index contributed by atoms with van der Waals surface area (Å²) < 4.78 is 0. The molecule has 2 saturated heterocycles. The first-order valence-electron chi connectivity index (χ1n) is 10.9. The van der Waals surface area contributed by atoms with Crippen LogP contribution in [0, 0.1) is 0 Å². The van der Waals surface area contributed by atoms with Gasteiger partial charge in [-0.25, -0.2) is 4.79 Å². The van der Waals surface area contributed by atoms with Gasteiger partial charge >= 0.3 is 6.03 Å². The lowest BCUT2D eigenvalue weighted by Crippen LogP contribution is -2.54. The van der Waals surface area contributed by atoms with E-state index in [1.807, 2.05) is 18.2 Å². The molecule has 2 aromatic rings. The van der Waals surface area contributed by atoms with Gasteiger partial charge in [-0.1, -0.05) is 36.4 Å². The predicted octanol–water partition coefficient (Wildman–Crippen LogP) is 2.17. The van der Waals surface area contributed by atoms with E-state index in [1.165, 1.54) is 12.5 Å². The van der Waals surface area contributed by atoms with Crippen LogP contribution < -0.4 is 16.0 Å². The molecule has 0 atom stereocenters. The van der Waals surface area contributed by atoms with E-state index < -0.39 is 17.5 Å². The maximum absolute atomic E-state index is 13.1. The van der Waals surface area contributed by atoms with Crippen LogP contribution in [0.25, 0.3) is 0 Å². The molecular weight excluding hydrogens is 422 g/mol. The summed E-state index contributed by atoms with van der Waals surface area (Å²) in [6.07, 6.45) is 1.00. The van der Waals surface area contributed by atoms with Crippen LogP contribution in [0.1, 0.15) is 25.3 Å². The Morgan fingerprint density at radius 2 is 1.64 bits per heavy atom. The first kappa shape index (κ1) is 22.5. The highest BCUT2D eigenvalue weighted by Gasteiger charge is 2.52. The van der Waals surface area contributed by atoms with Gasteiger partial charge < -0.3 is 16.0 Å². The Hall–Kier alpha value is -3.72. The number of nitrogens with zero attached hydrogens (tertiary/aromatic N) is 2. The number of amides is 5. The molecule has 9 heteroatoms. The fourth-order valence-electron chi connectivity index (χ4n) is 4.32. The summed E-state index contributed by atoms with van der Waals surface area (Å²) in [7, 11) is 0. The zero-order valence-electron chi connectivity index (χ0n) is 18.5. The van der Waals surface area contributed by atoms with Gasteiger partial charge in [0.05, 0.1) is 0 Å². The molecule has 33 heavy (non-hydrogen) atoms. The van der Waals surface area contributed by atoms with E-state index in [0.29, 0.717) is 37.3 Å².